The van der Waals surface area contributed by atoms with Gasteiger partial charge in [-0.2, -0.15) is 0 Å². The summed E-state index contributed by atoms with van der Waals surface area (Å²) in [4.78, 5) is 13.4. The number of methoxy groups -OCH3 is 1. The molecule has 192 valence electrons. The summed E-state index contributed by atoms with van der Waals surface area (Å²) in [5.74, 6) is 1.08. The highest BCUT2D eigenvalue weighted by Gasteiger charge is 2.20. The lowest BCUT2D eigenvalue weighted by molar-refractivity contribution is -0.116. The van der Waals surface area contributed by atoms with Crippen LogP contribution in [0.4, 0.5) is 0 Å². The number of unbranched alkanes of at least 4 members (excludes halogenated alkanes) is 3. The largest absolute Gasteiger partial charge is 0.508 e. The van der Waals surface area contributed by atoms with Gasteiger partial charge in [-0.15, -0.1) is 0 Å². The topological polar surface area (TPSA) is 66.8 Å². The second-order valence-corrected chi connectivity index (χ2v) is 9.89. The summed E-state index contributed by atoms with van der Waals surface area (Å²) in [6.45, 7) is 4.56. The van der Waals surface area contributed by atoms with Crippen LogP contribution in [0, 0.1) is 5.92 Å². The summed E-state index contributed by atoms with van der Waals surface area (Å²) in [5, 5.41) is 21.8. The van der Waals surface area contributed by atoms with Gasteiger partial charge >= 0.3 is 0 Å². The Labute approximate surface area is 215 Å². The molecule has 0 saturated carbocycles. The normalized spacial score (nSPS) is 13.2. The summed E-state index contributed by atoms with van der Waals surface area (Å²) in [5.41, 5.74) is 1.81. The molecule has 0 amide bonds. The molecule has 0 aliphatic carbocycles. The van der Waals surface area contributed by atoms with Gasteiger partial charge in [0.15, 0.2) is 17.3 Å². The third-order valence-electron chi connectivity index (χ3n) is 6.93. The summed E-state index contributed by atoms with van der Waals surface area (Å²) in [7, 11) is 1.52. The van der Waals surface area contributed by atoms with E-state index in [0.29, 0.717) is 12.2 Å². The standard InChI is InChI=1S/C32H40O4/c1-4-5-7-10-23(2)11-8-6-9-12-30(34)29(19-24-13-18-31(35)32(20-24)36-3)26-15-14-25-16-17-28(33)22-27(25)21-26/h9,12-18,20-23,29,33,35H,4-8,10-11,19H2,1-3H3/t23-,29+/m0/s1. The van der Waals surface area contributed by atoms with E-state index in [1.807, 2.05) is 36.4 Å². The zero-order valence-electron chi connectivity index (χ0n) is 21.9. The Morgan fingerprint density at radius 2 is 1.72 bits per heavy atom. The van der Waals surface area contributed by atoms with E-state index in [1.54, 1.807) is 30.3 Å². The van der Waals surface area contributed by atoms with E-state index in [2.05, 4.69) is 13.8 Å². The third-order valence-corrected chi connectivity index (χ3v) is 6.93. The second-order valence-electron chi connectivity index (χ2n) is 9.89. The molecule has 0 radical (unpaired) electrons. The van der Waals surface area contributed by atoms with Gasteiger partial charge in [-0.1, -0.05) is 82.4 Å². The van der Waals surface area contributed by atoms with E-state index in [1.165, 1.54) is 39.2 Å². The van der Waals surface area contributed by atoms with Crippen molar-refractivity contribution in [3.63, 3.8) is 0 Å². The Morgan fingerprint density at radius 3 is 2.50 bits per heavy atom. The highest BCUT2D eigenvalue weighted by Crippen LogP contribution is 2.32. The first-order chi connectivity index (χ1) is 17.4. The molecule has 3 rings (SSSR count). The molecule has 0 aliphatic heterocycles. The van der Waals surface area contributed by atoms with Crippen molar-refractivity contribution >= 4 is 16.6 Å². The number of rotatable bonds is 14. The number of aromatic hydroxyl groups is 2. The zero-order valence-corrected chi connectivity index (χ0v) is 21.9. The smallest absolute Gasteiger partial charge is 0.163 e. The number of fused-ring (bicyclic) bond motifs is 1. The summed E-state index contributed by atoms with van der Waals surface area (Å²) in [6.07, 6.45) is 12.6. The molecular weight excluding hydrogens is 448 g/mol. The lowest BCUT2D eigenvalue weighted by atomic mass is 9.87. The Morgan fingerprint density at radius 1 is 0.944 bits per heavy atom. The van der Waals surface area contributed by atoms with Crippen LogP contribution in [-0.4, -0.2) is 23.1 Å². The molecule has 0 aliphatic rings. The maximum Gasteiger partial charge on any atom is 0.163 e. The zero-order chi connectivity index (χ0) is 25.9. The van der Waals surface area contributed by atoms with Gasteiger partial charge in [0, 0.05) is 0 Å². The number of hydrogen-bond acceptors (Lipinski definition) is 4. The molecule has 36 heavy (non-hydrogen) atoms. The van der Waals surface area contributed by atoms with E-state index < -0.39 is 0 Å². The lowest BCUT2D eigenvalue weighted by Gasteiger charge is -2.17. The van der Waals surface area contributed by atoms with Crippen LogP contribution in [0.25, 0.3) is 10.8 Å². The minimum Gasteiger partial charge on any atom is -0.508 e. The first kappa shape index (κ1) is 27.3. The van der Waals surface area contributed by atoms with Gasteiger partial charge in [-0.25, -0.2) is 0 Å². The average molecular weight is 489 g/mol. The Bertz CT molecular complexity index is 1160. The summed E-state index contributed by atoms with van der Waals surface area (Å²) >= 11 is 0. The van der Waals surface area contributed by atoms with Crippen LogP contribution >= 0.6 is 0 Å². The van der Waals surface area contributed by atoms with Crippen molar-refractivity contribution in [3.05, 3.63) is 77.9 Å². The Kier molecular flexibility index (Phi) is 10.4. The monoisotopic (exact) mass is 488 g/mol. The van der Waals surface area contributed by atoms with Gasteiger partial charge < -0.3 is 14.9 Å². The van der Waals surface area contributed by atoms with Crippen LogP contribution in [-0.2, 0) is 11.2 Å². The molecule has 4 nitrogen and oxygen atoms in total. The number of ketones is 1. The molecule has 2 atom stereocenters. The SMILES string of the molecule is CCCCC[C@H](C)CCCC=CC(=O)[C@H](Cc1ccc(O)c(OC)c1)c1ccc2ccc(O)cc2c1. The number of phenolic OH excluding ortho intramolecular Hbond substituents is 2. The predicted octanol–water partition coefficient (Wildman–Crippen LogP) is 8.10. The predicted molar refractivity (Wildman–Crippen MR) is 148 cm³/mol. The van der Waals surface area contributed by atoms with Crippen molar-refractivity contribution in [3.8, 4) is 17.2 Å². The van der Waals surface area contributed by atoms with Crippen molar-refractivity contribution in [1.82, 2.24) is 0 Å². The minimum atomic E-state index is -0.379. The Balaban J connectivity index is 1.75. The van der Waals surface area contributed by atoms with E-state index in [-0.39, 0.29) is 23.2 Å². The fourth-order valence-electron chi connectivity index (χ4n) is 4.72. The van der Waals surface area contributed by atoms with E-state index in [0.717, 1.165) is 40.7 Å². The number of ether oxygens (including phenoxy) is 1. The lowest BCUT2D eigenvalue weighted by Crippen LogP contribution is -2.13. The molecule has 0 saturated heterocycles. The van der Waals surface area contributed by atoms with Crippen LogP contribution < -0.4 is 4.74 Å². The molecule has 0 aromatic heterocycles. The van der Waals surface area contributed by atoms with Crippen LogP contribution in [0.2, 0.25) is 0 Å². The van der Waals surface area contributed by atoms with E-state index in [9.17, 15) is 15.0 Å². The van der Waals surface area contributed by atoms with Crippen molar-refractivity contribution in [1.29, 1.82) is 0 Å². The van der Waals surface area contributed by atoms with Crippen molar-refractivity contribution < 1.29 is 19.7 Å². The van der Waals surface area contributed by atoms with Crippen LogP contribution in [0.1, 0.15) is 75.8 Å². The number of carbonyl (C=O) groups excluding carboxylic acids is 1. The quantitative estimate of drug-likeness (QED) is 0.178. The van der Waals surface area contributed by atoms with E-state index >= 15 is 0 Å². The first-order valence-corrected chi connectivity index (χ1v) is 13.2. The minimum absolute atomic E-state index is 0.0533. The van der Waals surface area contributed by atoms with Crippen molar-refractivity contribution in [2.24, 2.45) is 5.92 Å². The van der Waals surface area contributed by atoms with Crippen LogP contribution in [0.15, 0.2) is 66.7 Å². The average Bonchev–Trinajstić information content (AvgIpc) is 2.87. The number of allylic oxidation sites excluding steroid dienone is 2. The summed E-state index contributed by atoms with van der Waals surface area (Å²) < 4.78 is 5.27. The van der Waals surface area contributed by atoms with Gasteiger partial charge in [-0.3, -0.25) is 4.79 Å². The molecule has 3 aromatic carbocycles. The third kappa shape index (κ3) is 7.87. The molecule has 0 fully saturated rings. The van der Waals surface area contributed by atoms with Crippen LogP contribution in [0.5, 0.6) is 17.2 Å². The second kappa shape index (κ2) is 13.7. The molecule has 0 heterocycles. The first-order valence-electron chi connectivity index (χ1n) is 13.2. The number of phenols is 2. The number of hydrogen-bond donors (Lipinski definition) is 2. The van der Waals surface area contributed by atoms with Crippen molar-refractivity contribution in [2.75, 3.05) is 7.11 Å². The van der Waals surface area contributed by atoms with Gasteiger partial charge in [-0.05, 0) is 77.4 Å². The van der Waals surface area contributed by atoms with Gasteiger partial charge in [0.2, 0.25) is 0 Å². The molecule has 2 N–H and O–H groups in total. The number of carbonyl (C=O) groups is 1. The van der Waals surface area contributed by atoms with E-state index in [4.69, 9.17) is 4.74 Å². The molecule has 3 aromatic rings. The molecular formula is C32H40O4. The van der Waals surface area contributed by atoms with Gasteiger partial charge in [0.05, 0.1) is 13.0 Å². The summed E-state index contributed by atoms with van der Waals surface area (Å²) in [6, 6.07) is 16.5. The highest BCUT2D eigenvalue weighted by atomic mass is 16.5. The molecule has 0 unspecified atom stereocenters. The Hall–Kier alpha value is -3.27. The fourth-order valence-corrected chi connectivity index (χ4v) is 4.72. The number of benzene rings is 3. The van der Waals surface area contributed by atoms with Crippen LogP contribution in [0.3, 0.4) is 0 Å². The fraction of sp³-hybridized carbons (Fsp3) is 0.406. The molecule has 0 bridgehead atoms. The maximum atomic E-state index is 13.4. The molecule has 0 spiro atoms. The molecule has 4 heteroatoms. The van der Waals surface area contributed by atoms with Crippen molar-refractivity contribution in [2.45, 2.75) is 71.1 Å². The highest BCUT2D eigenvalue weighted by molar-refractivity contribution is 5.96. The maximum absolute atomic E-state index is 13.4. The van der Waals surface area contributed by atoms with Gasteiger partial charge in [0.25, 0.3) is 0 Å². The van der Waals surface area contributed by atoms with Gasteiger partial charge in [0.1, 0.15) is 5.75 Å².